The van der Waals surface area contributed by atoms with Gasteiger partial charge < -0.3 is 0 Å². The molecule has 0 fully saturated rings. The highest BCUT2D eigenvalue weighted by Crippen LogP contribution is 2.58. The zero-order chi connectivity index (χ0) is 18.5. The van der Waals surface area contributed by atoms with E-state index < -0.39 is 0 Å². The average molecular weight is 356 g/mol. The van der Waals surface area contributed by atoms with E-state index in [0.717, 1.165) is 0 Å². The summed E-state index contributed by atoms with van der Waals surface area (Å²) in [5, 5.41) is 5.53. The van der Waals surface area contributed by atoms with Crippen LogP contribution in [0.15, 0.2) is 109 Å². The van der Waals surface area contributed by atoms with E-state index in [1.54, 1.807) is 0 Å². The number of rotatable bonds is 2. The molecule has 0 aliphatic heterocycles. The topological polar surface area (TPSA) is 0 Å². The molecule has 2 atom stereocenters. The zero-order valence-electron chi connectivity index (χ0n) is 15.5. The van der Waals surface area contributed by atoms with Crippen molar-refractivity contribution < 1.29 is 0 Å². The molecule has 1 aliphatic carbocycles. The first-order valence-corrected chi connectivity index (χ1v) is 9.96. The Kier molecular flexibility index (Phi) is 3.39. The van der Waals surface area contributed by atoms with Gasteiger partial charge in [-0.15, -0.1) is 0 Å². The van der Waals surface area contributed by atoms with Gasteiger partial charge in [0.1, 0.15) is 0 Å². The minimum atomic E-state index is 0.396. The highest BCUT2D eigenvalue weighted by Gasteiger charge is 2.42. The van der Waals surface area contributed by atoms with Gasteiger partial charge in [-0.25, -0.2) is 0 Å². The molecule has 0 aromatic heterocycles. The Balaban J connectivity index is 1.75. The van der Waals surface area contributed by atoms with Gasteiger partial charge >= 0.3 is 0 Å². The molecule has 0 nitrogen and oxygen atoms in total. The van der Waals surface area contributed by atoms with Crippen LogP contribution in [-0.2, 0) is 0 Å². The predicted molar refractivity (Wildman–Crippen MR) is 118 cm³/mol. The SMILES string of the molecule is c1ccc([C@@H]2c3c(c4ccccc4c4ccccc34)[C@H]2c2ccccc2)cc1. The second-order valence-corrected chi connectivity index (χ2v) is 7.70. The summed E-state index contributed by atoms with van der Waals surface area (Å²) in [6, 6.07) is 39.8. The first kappa shape index (κ1) is 15.7. The summed E-state index contributed by atoms with van der Waals surface area (Å²) in [7, 11) is 0. The molecule has 1 aliphatic rings. The van der Waals surface area contributed by atoms with Crippen molar-refractivity contribution in [3.8, 4) is 0 Å². The molecular weight excluding hydrogens is 336 g/mol. The minimum Gasteiger partial charge on any atom is -0.0622 e. The summed E-state index contributed by atoms with van der Waals surface area (Å²) in [6.07, 6.45) is 0. The summed E-state index contributed by atoms with van der Waals surface area (Å²) in [5.74, 6) is 0.793. The Morgan fingerprint density at radius 3 is 1.04 bits per heavy atom. The van der Waals surface area contributed by atoms with E-state index in [-0.39, 0.29) is 0 Å². The van der Waals surface area contributed by atoms with Crippen molar-refractivity contribution in [1.29, 1.82) is 0 Å². The molecule has 132 valence electrons. The highest BCUT2D eigenvalue weighted by molar-refractivity contribution is 6.12. The Labute approximate surface area is 165 Å². The quantitative estimate of drug-likeness (QED) is 0.292. The van der Waals surface area contributed by atoms with Crippen molar-refractivity contribution in [3.63, 3.8) is 0 Å². The van der Waals surface area contributed by atoms with Crippen molar-refractivity contribution in [2.24, 2.45) is 0 Å². The highest BCUT2D eigenvalue weighted by atomic mass is 14.4. The van der Waals surface area contributed by atoms with Crippen LogP contribution in [-0.4, -0.2) is 0 Å². The van der Waals surface area contributed by atoms with Gasteiger partial charge in [-0.3, -0.25) is 0 Å². The van der Waals surface area contributed by atoms with E-state index in [4.69, 9.17) is 0 Å². The second kappa shape index (κ2) is 6.07. The number of hydrogen-bond donors (Lipinski definition) is 0. The third-order valence-electron chi connectivity index (χ3n) is 6.29. The van der Waals surface area contributed by atoms with E-state index in [0.29, 0.717) is 11.8 Å². The maximum Gasteiger partial charge on any atom is 0.0208 e. The normalized spacial score (nSPS) is 18.0. The number of hydrogen-bond acceptors (Lipinski definition) is 0. The summed E-state index contributed by atoms with van der Waals surface area (Å²) in [5.41, 5.74) is 5.83. The minimum absolute atomic E-state index is 0.396. The van der Waals surface area contributed by atoms with Crippen LogP contribution >= 0.6 is 0 Å². The van der Waals surface area contributed by atoms with E-state index in [1.165, 1.54) is 43.8 Å². The van der Waals surface area contributed by atoms with E-state index in [1.807, 2.05) is 0 Å². The second-order valence-electron chi connectivity index (χ2n) is 7.70. The standard InChI is InChI=1S/C28H20/c1-3-11-19(12-4-1)25-26(20-13-5-2-6-14-20)28-24-18-10-8-16-22(24)21-15-7-9-17-23(21)27(25)28/h1-18,25-26H/t25-,26-/m0/s1. The van der Waals surface area contributed by atoms with Gasteiger partial charge in [0.15, 0.2) is 0 Å². The summed E-state index contributed by atoms with van der Waals surface area (Å²) in [4.78, 5) is 0. The lowest BCUT2D eigenvalue weighted by atomic mass is 9.60. The molecule has 5 aromatic carbocycles. The fourth-order valence-electron chi connectivity index (χ4n) is 5.14. The average Bonchev–Trinajstić information content (AvgIpc) is 2.75. The van der Waals surface area contributed by atoms with Crippen molar-refractivity contribution in [2.45, 2.75) is 11.8 Å². The molecule has 5 aromatic rings. The van der Waals surface area contributed by atoms with Crippen molar-refractivity contribution in [1.82, 2.24) is 0 Å². The maximum atomic E-state index is 2.30. The summed E-state index contributed by atoms with van der Waals surface area (Å²) < 4.78 is 0. The Morgan fingerprint density at radius 1 is 0.321 bits per heavy atom. The molecule has 0 saturated heterocycles. The van der Waals surface area contributed by atoms with Crippen LogP contribution in [0.2, 0.25) is 0 Å². The lowest BCUT2D eigenvalue weighted by molar-refractivity contribution is 0.620. The molecule has 0 N–H and O–H groups in total. The van der Waals surface area contributed by atoms with Gasteiger partial charge in [-0.05, 0) is 43.8 Å². The molecule has 0 heterocycles. The molecule has 28 heavy (non-hydrogen) atoms. The third-order valence-corrected chi connectivity index (χ3v) is 6.29. The van der Waals surface area contributed by atoms with E-state index in [2.05, 4.69) is 109 Å². The lowest BCUT2D eigenvalue weighted by Gasteiger charge is -2.43. The molecule has 0 heteroatoms. The summed E-state index contributed by atoms with van der Waals surface area (Å²) in [6.45, 7) is 0. The third kappa shape index (κ3) is 2.12. The first-order valence-electron chi connectivity index (χ1n) is 9.96. The van der Waals surface area contributed by atoms with Crippen molar-refractivity contribution in [2.75, 3.05) is 0 Å². The monoisotopic (exact) mass is 356 g/mol. The van der Waals surface area contributed by atoms with Gasteiger partial charge in [0.05, 0.1) is 0 Å². The van der Waals surface area contributed by atoms with E-state index in [9.17, 15) is 0 Å². The molecule has 0 spiro atoms. The van der Waals surface area contributed by atoms with Crippen LogP contribution in [0.3, 0.4) is 0 Å². The Hall–Kier alpha value is -3.38. The van der Waals surface area contributed by atoms with Gasteiger partial charge in [-0.2, -0.15) is 0 Å². The maximum absolute atomic E-state index is 2.30. The molecule has 0 bridgehead atoms. The van der Waals surface area contributed by atoms with Gasteiger partial charge in [0.25, 0.3) is 0 Å². The lowest BCUT2D eigenvalue weighted by Crippen LogP contribution is -2.27. The van der Waals surface area contributed by atoms with Crippen LogP contribution in [0.25, 0.3) is 21.5 Å². The van der Waals surface area contributed by atoms with Gasteiger partial charge in [-0.1, -0.05) is 109 Å². The number of fused-ring (bicyclic) bond motifs is 6. The van der Waals surface area contributed by atoms with Crippen LogP contribution in [0.4, 0.5) is 0 Å². The van der Waals surface area contributed by atoms with Crippen LogP contribution in [0, 0.1) is 0 Å². The molecule has 6 rings (SSSR count). The molecular formula is C28H20. The van der Waals surface area contributed by atoms with Crippen LogP contribution in [0.5, 0.6) is 0 Å². The first-order chi connectivity index (χ1) is 13.9. The van der Waals surface area contributed by atoms with Gasteiger partial charge in [0, 0.05) is 11.8 Å². The largest absolute Gasteiger partial charge is 0.0622 e. The predicted octanol–water partition coefficient (Wildman–Crippen LogP) is 7.27. The van der Waals surface area contributed by atoms with Crippen molar-refractivity contribution >= 4 is 21.5 Å². The number of benzene rings is 5. The fourth-order valence-corrected chi connectivity index (χ4v) is 5.14. The van der Waals surface area contributed by atoms with Gasteiger partial charge in [0.2, 0.25) is 0 Å². The smallest absolute Gasteiger partial charge is 0.0208 e. The van der Waals surface area contributed by atoms with Crippen LogP contribution in [0.1, 0.15) is 34.1 Å². The molecule has 0 saturated carbocycles. The fraction of sp³-hybridized carbons (Fsp3) is 0.0714. The summed E-state index contributed by atoms with van der Waals surface area (Å²) >= 11 is 0. The molecule has 0 unspecified atom stereocenters. The van der Waals surface area contributed by atoms with Crippen LogP contribution < -0.4 is 0 Å². The van der Waals surface area contributed by atoms with Crippen molar-refractivity contribution in [3.05, 3.63) is 131 Å². The molecule has 0 radical (unpaired) electrons. The van der Waals surface area contributed by atoms with E-state index >= 15 is 0 Å². The zero-order valence-corrected chi connectivity index (χ0v) is 15.5. The Morgan fingerprint density at radius 2 is 0.643 bits per heavy atom. The Bertz CT molecular complexity index is 1200. The molecule has 0 amide bonds.